The van der Waals surface area contributed by atoms with E-state index in [4.69, 9.17) is 30.0 Å². The van der Waals surface area contributed by atoms with Crippen LogP contribution in [0.3, 0.4) is 0 Å². The average molecular weight is 558 g/mol. The van der Waals surface area contributed by atoms with Crippen LogP contribution in [0.4, 0.5) is 11.8 Å². The molecule has 206 valence electrons. The van der Waals surface area contributed by atoms with Crippen LogP contribution >= 0.6 is 7.75 Å². The van der Waals surface area contributed by atoms with Gasteiger partial charge in [-0.1, -0.05) is 18.2 Å². The van der Waals surface area contributed by atoms with Gasteiger partial charge in [0.1, 0.15) is 41.0 Å². The smallest absolute Gasteiger partial charge is 0.459 e. The van der Waals surface area contributed by atoms with Gasteiger partial charge in [-0.25, -0.2) is 9.55 Å². The number of aromatic nitrogens is 4. The Kier molecular flexibility index (Phi) is 6.69. The summed E-state index contributed by atoms with van der Waals surface area (Å²) in [6.45, 7) is 4.79. The van der Waals surface area contributed by atoms with Crippen molar-refractivity contribution >= 4 is 36.6 Å². The number of nitrogens with two attached hydrogens (primary N) is 2. The molecule has 1 saturated carbocycles. The van der Waals surface area contributed by atoms with E-state index < -0.39 is 55.8 Å². The zero-order chi connectivity index (χ0) is 28.1. The van der Waals surface area contributed by atoms with Crippen molar-refractivity contribution in [3.8, 4) is 11.8 Å². The number of hydrogen-bond acceptors (Lipinski definition) is 13. The number of nitrogens with zero attached hydrogens (tertiary/aromatic N) is 5. The van der Waals surface area contributed by atoms with Crippen molar-refractivity contribution in [2.45, 2.75) is 57.0 Å². The van der Waals surface area contributed by atoms with Gasteiger partial charge in [-0.2, -0.15) is 20.3 Å². The molecule has 1 aliphatic carbocycles. The number of anilines is 2. The lowest BCUT2D eigenvalue weighted by molar-refractivity contribution is -0.149. The Bertz CT molecular complexity index is 1490. The lowest BCUT2D eigenvalue weighted by Crippen LogP contribution is -2.37. The maximum absolute atomic E-state index is 13.9. The van der Waals surface area contributed by atoms with E-state index in [-0.39, 0.29) is 28.7 Å². The number of ether oxygens (including phenoxy) is 2. The van der Waals surface area contributed by atoms with Crippen LogP contribution in [0.25, 0.3) is 11.2 Å². The summed E-state index contributed by atoms with van der Waals surface area (Å²) in [5, 5.41) is 24.0. The van der Waals surface area contributed by atoms with Gasteiger partial charge in [-0.05, 0) is 32.9 Å². The molecule has 1 saturated heterocycles. The van der Waals surface area contributed by atoms with E-state index in [9.17, 15) is 19.7 Å². The van der Waals surface area contributed by atoms with E-state index in [0.29, 0.717) is 0 Å². The van der Waals surface area contributed by atoms with Crippen molar-refractivity contribution in [2.75, 3.05) is 11.5 Å². The fraction of sp³-hybridized carbons (Fsp3) is 0.435. The molecular weight excluding hydrogens is 531 g/mol. The second kappa shape index (κ2) is 9.74. The van der Waals surface area contributed by atoms with Gasteiger partial charge in [-0.15, -0.1) is 0 Å². The molecule has 5 rings (SSSR count). The number of rotatable bonds is 9. The Morgan fingerprint density at radius 2 is 2.00 bits per heavy atom. The van der Waals surface area contributed by atoms with E-state index >= 15 is 0 Å². The molecule has 3 aromatic rings. The fourth-order valence-corrected chi connectivity index (χ4v) is 6.18. The van der Waals surface area contributed by atoms with Crippen LogP contribution in [-0.4, -0.2) is 60.5 Å². The number of benzene rings is 1. The molecule has 6 N–H and O–H groups in total. The highest BCUT2D eigenvalue weighted by Gasteiger charge is 2.79. The summed E-state index contributed by atoms with van der Waals surface area (Å²) in [6, 6.07) is 9.10. The zero-order valence-electron chi connectivity index (χ0n) is 21.2. The van der Waals surface area contributed by atoms with Crippen molar-refractivity contribution in [2.24, 2.45) is 5.92 Å². The van der Waals surface area contributed by atoms with E-state index in [1.807, 2.05) is 6.07 Å². The maximum Gasteiger partial charge on any atom is 0.459 e. The van der Waals surface area contributed by atoms with E-state index in [0.717, 1.165) is 0 Å². The second-order valence-corrected chi connectivity index (χ2v) is 11.1. The molecule has 0 spiro atoms. The first kappa shape index (κ1) is 26.8. The summed E-state index contributed by atoms with van der Waals surface area (Å²) in [5.74, 6) is -1.75. The number of para-hydroxylation sites is 1. The third-order valence-electron chi connectivity index (χ3n) is 6.30. The number of carbonyl (C=O) groups is 1. The number of nitrogens with one attached hydrogen (secondary N) is 1. The number of fused-ring (bicyclic) bond motifs is 2. The molecule has 2 fully saturated rings. The molecule has 2 aliphatic rings. The summed E-state index contributed by atoms with van der Waals surface area (Å²) in [5.41, 5.74) is 10.2. The van der Waals surface area contributed by atoms with E-state index in [1.165, 1.54) is 17.8 Å². The Morgan fingerprint density at radius 3 is 2.67 bits per heavy atom. The molecule has 2 unspecified atom stereocenters. The van der Waals surface area contributed by atoms with Gasteiger partial charge in [0.15, 0.2) is 17.7 Å². The first-order valence-corrected chi connectivity index (χ1v) is 13.6. The standard InChI is InChI=1S/C23H27N8O7P/c1-11(2)35-21(32)12(3)30-39(34,37-13-7-5-4-6-8-13)38-17-16-23(17,33)14(9-24)20(36-16)31-10-27-15-18(25)28-22(26)29-19(15)31/h4-8,10-12,14,16-17,20,33H,1-3H3,(H,30,34)(H4,25,26,28,29)/t12-,14-,16+,17?,20+,23-,39?/m0/s1. The topological polar surface area (TPSA) is 223 Å². The second-order valence-electron chi connectivity index (χ2n) is 9.50. The zero-order valence-corrected chi connectivity index (χ0v) is 22.1. The minimum Gasteiger partial charge on any atom is -0.462 e. The minimum absolute atomic E-state index is 0.0445. The van der Waals surface area contributed by atoms with Crippen LogP contribution in [-0.2, 0) is 23.4 Å². The number of imidazole rings is 1. The number of nitriles is 1. The predicted octanol–water partition coefficient (Wildman–Crippen LogP) is 1.27. The fourth-order valence-electron chi connectivity index (χ4n) is 4.47. The van der Waals surface area contributed by atoms with Crippen molar-refractivity contribution in [1.82, 2.24) is 24.6 Å². The summed E-state index contributed by atoms with van der Waals surface area (Å²) >= 11 is 0. The van der Waals surface area contributed by atoms with Gasteiger partial charge in [-0.3, -0.25) is 13.9 Å². The molecule has 0 amide bonds. The summed E-state index contributed by atoms with van der Waals surface area (Å²) < 4.78 is 37.9. The Hall–Kier alpha value is -3.80. The van der Waals surface area contributed by atoms with E-state index in [2.05, 4.69) is 20.0 Å². The van der Waals surface area contributed by atoms with Crippen molar-refractivity contribution in [3.05, 3.63) is 36.7 Å². The van der Waals surface area contributed by atoms with Crippen molar-refractivity contribution < 1.29 is 33.0 Å². The molecular formula is C23H27N8O7P. The van der Waals surface area contributed by atoms with Gasteiger partial charge in [0, 0.05) is 0 Å². The lowest BCUT2D eigenvalue weighted by Gasteiger charge is -2.26. The largest absolute Gasteiger partial charge is 0.462 e. The number of aliphatic hydroxyl groups is 1. The van der Waals surface area contributed by atoms with Gasteiger partial charge >= 0.3 is 13.7 Å². The molecule has 16 heteroatoms. The van der Waals surface area contributed by atoms with Crippen LogP contribution in [0, 0.1) is 17.2 Å². The van der Waals surface area contributed by atoms with Crippen LogP contribution in [0.1, 0.15) is 27.0 Å². The number of esters is 1. The lowest BCUT2D eigenvalue weighted by atomic mass is 10.0. The van der Waals surface area contributed by atoms with Crippen LogP contribution in [0.2, 0.25) is 0 Å². The van der Waals surface area contributed by atoms with Crippen molar-refractivity contribution in [3.63, 3.8) is 0 Å². The first-order chi connectivity index (χ1) is 18.5. The van der Waals surface area contributed by atoms with Crippen molar-refractivity contribution in [1.29, 1.82) is 5.26 Å². The monoisotopic (exact) mass is 558 g/mol. The Balaban J connectivity index is 1.39. The molecule has 2 aromatic heterocycles. The molecule has 3 heterocycles. The van der Waals surface area contributed by atoms with Gasteiger partial charge in [0.05, 0.1) is 18.5 Å². The summed E-state index contributed by atoms with van der Waals surface area (Å²) in [7, 11) is -4.33. The molecule has 0 bridgehead atoms. The number of nitrogen functional groups attached to an aromatic ring is 2. The minimum atomic E-state index is -4.33. The molecule has 15 nitrogen and oxygen atoms in total. The summed E-state index contributed by atoms with van der Waals surface area (Å²) in [6.07, 6.45) is -2.38. The summed E-state index contributed by atoms with van der Waals surface area (Å²) in [4.78, 5) is 24.6. The third-order valence-corrected chi connectivity index (χ3v) is 7.96. The molecule has 39 heavy (non-hydrogen) atoms. The van der Waals surface area contributed by atoms with Crippen LogP contribution in [0.15, 0.2) is 36.7 Å². The highest BCUT2D eigenvalue weighted by molar-refractivity contribution is 7.52. The normalized spacial score (nSPS) is 27.9. The average Bonchev–Trinajstić information content (AvgIpc) is 3.15. The van der Waals surface area contributed by atoms with Gasteiger partial charge in [0.2, 0.25) is 5.95 Å². The molecule has 7 atom stereocenters. The number of hydrogen-bond donors (Lipinski definition) is 4. The maximum atomic E-state index is 13.9. The molecule has 1 aromatic carbocycles. The molecule has 0 radical (unpaired) electrons. The SMILES string of the molecule is CC(C)OC(=O)[C@H](C)NP(=O)(Oc1ccccc1)OC1[C@H]2O[C@@H](n3cnc4c(N)nc(N)nc43)[C@H](C#N)[C@@]12O. The highest BCUT2D eigenvalue weighted by Crippen LogP contribution is 2.63. The van der Waals surface area contributed by atoms with Crippen LogP contribution < -0.4 is 21.1 Å². The highest BCUT2D eigenvalue weighted by atomic mass is 31.2. The number of carbonyl (C=O) groups excluding carboxylic acids is 1. The Labute approximate surface area is 222 Å². The molecule has 1 aliphatic heterocycles. The predicted molar refractivity (Wildman–Crippen MR) is 135 cm³/mol. The van der Waals surface area contributed by atoms with Gasteiger partial charge in [0.25, 0.3) is 0 Å². The third kappa shape index (κ3) is 4.77. The first-order valence-electron chi connectivity index (χ1n) is 12.0. The van der Waals surface area contributed by atoms with Crippen LogP contribution in [0.5, 0.6) is 5.75 Å². The Morgan fingerprint density at radius 1 is 1.28 bits per heavy atom. The van der Waals surface area contributed by atoms with E-state index in [1.54, 1.807) is 44.2 Å². The van der Waals surface area contributed by atoms with Gasteiger partial charge < -0.3 is 30.6 Å². The quantitative estimate of drug-likeness (QED) is 0.214.